The fraction of sp³-hybridized carbons (Fsp3) is 0.455. The number of halogens is 1. The second kappa shape index (κ2) is 2.13. The standard InChI is InChI=1S/C11H11FO/c12-8-3-1-2-7(4-8)11-5-9(11)10(11)6-13/h1-4,9-10,13H,5-6H2/t9?,10-,11-/m1/s1. The van der Waals surface area contributed by atoms with Gasteiger partial charge in [0.25, 0.3) is 0 Å². The first-order valence-electron chi connectivity index (χ1n) is 4.66. The van der Waals surface area contributed by atoms with Crippen LogP contribution in [-0.2, 0) is 5.41 Å². The van der Waals surface area contributed by atoms with Gasteiger partial charge in [-0.3, -0.25) is 0 Å². The van der Waals surface area contributed by atoms with Crippen molar-refractivity contribution < 1.29 is 9.50 Å². The largest absolute Gasteiger partial charge is 0.396 e. The molecule has 1 nitrogen and oxygen atoms in total. The molecule has 0 amide bonds. The van der Waals surface area contributed by atoms with E-state index in [-0.39, 0.29) is 17.8 Å². The molecule has 2 saturated carbocycles. The average molecular weight is 178 g/mol. The molecule has 0 heterocycles. The minimum Gasteiger partial charge on any atom is -0.396 e. The molecule has 68 valence electrons. The number of aliphatic hydroxyl groups is 1. The Hall–Kier alpha value is -0.890. The van der Waals surface area contributed by atoms with Crippen molar-refractivity contribution in [3.05, 3.63) is 35.6 Å². The van der Waals surface area contributed by atoms with Gasteiger partial charge >= 0.3 is 0 Å². The van der Waals surface area contributed by atoms with Gasteiger partial charge in [0, 0.05) is 12.0 Å². The second-order valence-corrected chi connectivity index (χ2v) is 4.15. The molecule has 3 atom stereocenters. The smallest absolute Gasteiger partial charge is 0.123 e. The van der Waals surface area contributed by atoms with Gasteiger partial charge in [-0.25, -0.2) is 4.39 Å². The van der Waals surface area contributed by atoms with E-state index in [0.717, 1.165) is 12.0 Å². The molecule has 1 N–H and O–H groups in total. The zero-order valence-electron chi connectivity index (χ0n) is 7.20. The van der Waals surface area contributed by atoms with E-state index < -0.39 is 0 Å². The summed E-state index contributed by atoms with van der Waals surface area (Å²) in [4.78, 5) is 0. The molecule has 1 aromatic rings. The molecule has 2 aliphatic carbocycles. The summed E-state index contributed by atoms with van der Waals surface area (Å²) in [5.41, 5.74) is 1.26. The maximum atomic E-state index is 12.9. The van der Waals surface area contributed by atoms with Crippen LogP contribution in [-0.4, -0.2) is 11.7 Å². The number of hydrogen-bond donors (Lipinski definition) is 1. The molecule has 0 saturated heterocycles. The molecule has 3 rings (SSSR count). The summed E-state index contributed by atoms with van der Waals surface area (Å²) in [7, 11) is 0. The SMILES string of the molecule is OC[C@@H]1C2C[C@@]21c1cccc(F)c1. The number of aliphatic hydroxyl groups excluding tert-OH is 1. The number of rotatable bonds is 2. The van der Waals surface area contributed by atoms with Crippen LogP contribution in [0.4, 0.5) is 4.39 Å². The molecule has 0 aromatic heterocycles. The second-order valence-electron chi connectivity index (χ2n) is 4.15. The van der Waals surface area contributed by atoms with Crippen LogP contribution in [0.15, 0.2) is 24.3 Å². The molecule has 0 spiro atoms. The van der Waals surface area contributed by atoms with Crippen molar-refractivity contribution in [2.45, 2.75) is 11.8 Å². The zero-order valence-corrected chi connectivity index (χ0v) is 7.20. The van der Waals surface area contributed by atoms with Crippen LogP contribution in [0.2, 0.25) is 0 Å². The number of benzene rings is 1. The highest BCUT2D eigenvalue weighted by Gasteiger charge is 2.78. The van der Waals surface area contributed by atoms with Crippen LogP contribution in [0.3, 0.4) is 0 Å². The first kappa shape index (κ1) is 7.51. The van der Waals surface area contributed by atoms with E-state index in [9.17, 15) is 4.39 Å². The van der Waals surface area contributed by atoms with Gasteiger partial charge in [0.2, 0.25) is 0 Å². The Bertz CT molecular complexity index is 363. The van der Waals surface area contributed by atoms with Gasteiger partial charge in [0.05, 0.1) is 0 Å². The van der Waals surface area contributed by atoms with Gasteiger partial charge in [-0.15, -0.1) is 0 Å². The van der Waals surface area contributed by atoms with Crippen molar-refractivity contribution >= 4 is 0 Å². The predicted molar refractivity (Wildman–Crippen MR) is 46.8 cm³/mol. The van der Waals surface area contributed by atoms with Gasteiger partial charge < -0.3 is 5.11 Å². The molecule has 2 heteroatoms. The molecule has 0 aliphatic heterocycles. The van der Waals surface area contributed by atoms with Gasteiger partial charge in [0.15, 0.2) is 0 Å². The van der Waals surface area contributed by atoms with E-state index in [1.807, 2.05) is 6.07 Å². The van der Waals surface area contributed by atoms with E-state index in [0.29, 0.717) is 11.8 Å². The summed E-state index contributed by atoms with van der Waals surface area (Å²) in [6.07, 6.45) is 1.14. The highest BCUT2D eigenvalue weighted by Crippen LogP contribution is 2.79. The third-order valence-electron chi connectivity index (χ3n) is 3.66. The minimum absolute atomic E-state index is 0.166. The molecule has 0 radical (unpaired) electrons. The van der Waals surface area contributed by atoms with Gasteiger partial charge in [-0.1, -0.05) is 12.1 Å². The normalized spacial score (nSPS) is 39.8. The molecular weight excluding hydrogens is 167 g/mol. The van der Waals surface area contributed by atoms with E-state index in [1.165, 1.54) is 6.07 Å². The molecule has 0 bridgehead atoms. The van der Waals surface area contributed by atoms with E-state index in [4.69, 9.17) is 5.11 Å². The number of hydrogen-bond acceptors (Lipinski definition) is 1. The van der Waals surface area contributed by atoms with Crippen molar-refractivity contribution in [2.75, 3.05) is 6.61 Å². The number of fused-ring (bicyclic) bond motifs is 1. The Morgan fingerprint density at radius 3 is 2.92 bits per heavy atom. The topological polar surface area (TPSA) is 20.2 Å². The van der Waals surface area contributed by atoms with Crippen LogP contribution in [0.1, 0.15) is 12.0 Å². The summed E-state index contributed by atoms with van der Waals surface area (Å²) in [5, 5.41) is 9.01. The van der Waals surface area contributed by atoms with Crippen molar-refractivity contribution in [3.8, 4) is 0 Å². The monoisotopic (exact) mass is 178 g/mol. The van der Waals surface area contributed by atoms with Crippen molar-refractivity contribution in [1.29, 1.82) is 0 Å². The summed E-state index contributed by atoms with van der Waals surface area (Å²) in [5.74, 6) is 0.884. The fourth-order valence-corrected chi connectivity index (χ4v) is 2.66. The third kappa shape index (κ3) is 0.792. The first-order chi connectivity index (χ1) is 6.29. The van der Waals surface area contributed by atoms with Crippen LogP contribution >= 0.6 is 0 Å². The molecular formula is C11H11FO. The Morgan fingerprint density at radius 2 is 2.38 bits per heavy atom. The minimum atomic E-state index is -0.166. The highest BCUT2D eigenvalue weighted by atomic mass is 19.1. The van der Waals surface area contributed by atoms with Crippen LogP contribution in [0.25, 0.3) is 0 Å². The summed E-state index contributed by atoms with van der Waals surface area (Å²) in [6, 6.07) is 6.80. The summed E-state index contributed by atoms with van der Waals surface area (Å²) < 4.78 is 12.9. The van der Waals surface area contributed by atoms with Crippen LogP contribution in [0, 0.1) is 17.7 Å². The van der Waals surface area contributed by atoms with E-state index >= 15 is 0 Å². The lowest BCUT2D eigenvalue weighted by atomic mass is 9.97. The van der Waals surface area contributed by atoms with Crippen LogP contribution in [0.5, 0.6) is 0 Å². The fourth-order valence-electron chi connectivity index (χ4n) is 2.66. The molecule has 1 aromatic carbocycles. The van der Waals surface area contributed by atoms with Crippen molar-refractivity contribution in [2.24, 2.45) is 11.8 Å². The molecule has 2 aliphatic rings. The average Bonchev–Trinajstić information content (AvgIpc) is 2.91. The van der Waals surface area contributed by atoms with Crippen molar-refractivity contribution in [3.63, 3.8) is 0 Å². The zero-order chi connectivity index (χ0) is 9.05. The van der Waals surface area contributed by atoms with Crippen LogP contribution < -0.4 is 0 Å². The lowest BCUT2D eigenvalue weighted by Crippen LogP contribution is -2.07. The lowest BCUT2D eigenvalue weighted by molar-refractivity contribution is 0.244. The van der Waals surface area contributed by atoms with E-state index in [1.54, 1.807) is 12.1 Å². The Labute approximate surface area is 76.2 Å². The molecule has 13 heavy (non-hydrogen) atoms. The molecule has 1 unspecified atom stereocenters. The summed E-state index contributed by atoms with van der Waals surface area (Å²) >= 11 is 0. The van der Waals surface area contributed by atoms with Crippen molar-refractivity contribution in [1.82, 2.24) is 0 Å². The maximum absolute atomic E-state index is 12.9. The Morgan fingerprint density at radius 1 is 1.54 bits per heavy atom. The van der Waals surface area contributed by atoms with Gasteiger partial charge in [0.1, 0.15) is 5.82 Å². The Balaban J connectivity index is 1.95. The van der Waals surface area contributed by atoms with Gasteiger partial charge in [-0.05, 0) is 36.0 Å². The maximum Gasteiger partial charge on any atom is 0.123 e. The third-order valence-corrected chi connectivity index (χ3v) is 3.66. The van der Waals surface area contributed by atoms with Gasteiger partial charge in [-0.2, -0.15) is 0 Å². The quantitative estimate of drug-likeness (QED) is 0.730. The predicted octanol–water partition coefficient (Wildman–Crippen LogP) is 1.71. The lowest BCUT2D eigenvalue weighted by Gasteiger charge is -2.09. The van der Waals surface area contributed by atoms with E-state index in [2.05, 4.69) is 0 Å². The Kier molecular flexibility index (Phi) is 1.23. The highest BCUT2D eigenvalue weighted by molar-refractivity contribution is 5.46. The summed E-state index contributed by atoms with van der Waals surface area (Å²) in [6.45, 7) is 0.251. The molecule has 2 fully saturated rings. The first-order valence-corrected chi connectivity index (χ1v) is 4.66.